The molecule has 0 aromatic carbocycles. The summed E-state index contributed by atoms with van der Waals surface area (Å²) in [6.45, 7) is 2.40. The maximum Gasteiger partial charge on any atom is 0.172 e. The summed E-state index contributed by atoms with van der Waals surface area (Å²) in [4.78, 5) is 4.08. The van der Waals surface area contributed by atoms with Gasteiger partial charge in [-0.25, -0.2) is 4.68 Å². The molecule has 1 aromatic rings. The van der Waals surface area contributed by atoms with Crippen LogP contribution in [-0.2, 0) is 13.6 Å². The number of aromatic nitrogens is 4. The monoisotopic (exact) mass is 168 g/mol. The van der Waals surface area contributed by atoms with E-state index < -0.39 is 0 Å². The van der Waals surface area contributed by atoms with E-state index in [1.54, 1.807) is 11.7 Å². The highest BCUT2D eigenvalue weighted by Crippen LogP contribution is 1.91. The third-order valence-electron chi connectivity index (χ3n) is 1.49. The Bertz CT molecular complexity index is 275. The van der Waals surface area contributed by atoms with Crippen LogP contribution in [0.4, 0.5) is 0 Å². The molecule has 0 bridgehead atoms. The quantitative estimate of drug-likeness (QED) is 0.486. The summed E-state index contributed by atoms with van der Waals surface area (Å²) >= 11 is 0. The first-order valence-corrected chi connectivity index (χ1v) is 3.74. The van der Waals surface area contributed by atoms with Crippen LogP contribution in [0, 0.1) is 0 Å². The van der Waals surface area contributed by atoms with Crippen molar-refractivity contribution in [2.75, 3.05) is 0 Å². The van der Waals surface area contributed by atoms with Crippen LogP contribution < -0.4 is 5.73 Å². The SMILES string of the molecule is CCC(N)=NCc1nnnn1C. The Morgan fingerprint density at radius 1 is 1.67 bits per heavy atom. The first-order chi connectivity index (χ1) is 5.74. The van der Waals surface area contributed by atoms with Gasteiger partial charge in [-0.15, -0.1) is 5.10 Å². The summed E-state index contributed by atoms with van der Waals surface area (Å²) < 4.78 is 1.58. The lowest BCUT2D eigenvalue weighted by atomic mass is 10.4. The molecule has 0 amide bonds. The Balaban J connectivity index is 2.59. The number of hydrogen-bond acceptors (Lipinski definition) is 4. The largest absolute Gasteiger partial charge is 0.387 e. The molecule has 0 atom stereocenters. The average Bonchev–Trinajstić information content (AvgIpc) is 2.47. The molecule has 0 aliphatic carbocycles. The van der Waals surface area contributed by atoms with Crippen LogP contribution in [0.15, 0.2) is 4.99 Å². The number of aryl methyl sites for hydroxylation is 1. The first kappa shape index (κ1) is 8.63. The fourth-order valence-corrected chi connectivity index (χ4v) is 0.666. The van der Waals surface area contributed by atoms with E-state index in [0.717, 1.165) is 6.42 Å². The fraction of sp³-hybridized carbons (Fsp3) is 0.667. The smallest absolute Gasteiger partial charge is 0.172 e. The summed E-state index contributed by atoms with van der Waals surface area (Å²) in [5, 5.41) is 10.9. The minimum absolute atomic E-state index is 0.448. The van der Waals surface area contributed by atoms with Gasteiger partial charge in [-0.1, -0.05) is 6.92 Å². The minimum Gasteiger partial charge on any atom is -0.387 e. The van der Waals surface area contributed by atoms with Gasteiger partial charge in [0.15, 0.2) is 5.82 Å². The second kappa shape index (κ2) is 3.80. The first-order valence-electron chi connectivity index (χ1n) is 3.74. The standard InChI is InChI=1S/C6H12N6/c1-3-5(7)8-4-6-9-10-11-12(6)2/h3-4H2,1-2H3,(H2,7,8). The van der Waals surface area contributed by atoms with Crippen molar-refractivity contribution in [2.45, 2.75) is 19.9 Å². The predicted molar refractivity (Wildman–Crippen MR) is 44.4 cm³/mol. The van der Waals surface area contributed by atoms with Crippen LogP contribution in [-0.4, -0.2) is 26.0 Å². The van der Waals surface area contributed by atoms with Crippen LogP contribution in [0.1, 0.15) is 19.2 Å². The molecule has 0 radical (unpaired) electrons. The van der Waals surface area contributed by atoms with Gasteiger partial charge in [-0.2, -0.15) is 0 Å². The van der Waals surface area contributed by atoms with Crippen molar-refractivity contribution in [3.8, 4) is 0 Å². The highest BCUT2D eigenvalue weighted by atomic mass is 15.5. The van der Waals surface area contributed by atoms with E-state index in [9.17, 15) is 0 Å². The zero-order chi connectivity index (χ0) is 8.97. The van der Waals surface area contributed by atoms with Gasteiger partial charge in [-0.3, -0.25) is 4.99 Å². The molecule has 1 heterocycles. The van der Waals surface area contributed by atoms with E-state index in [0.29, 0.717) is 18.2 Å². The second-order valence-corrected chi connectivity index (χ2v) is 2.38. The number of nitrogens with zero attached hydrogens (tertiary/aromatic N) is 5. The lowest BCUT2D eigenvalue weighted by Crippen LogP contribution is -2.10. The molecule has 0 saturated heterocycles. The van der Waals surface area contributed by atoms with Crippen LogP contribution in [0.5, 0.6) is 0 Å². The van der Waals surface area contributed by atoms with Gasteiger partial charge in [0, 0.05) is 13.5 Å². The number of amidine groups is 1. The third kappa shape index (κ3) is 2.01. The summed E-state index contributed by atoms with van der Waals surface area (Å²) in [5.41, 5.74) is 5.51. The molecule has 6 heteroatoms. The lowest BCUT2D eigenvalue weighted by molar-refractivity contribution is 0.678. The number of rotatable bonds is 3. The molecule has 0 unspecified atom stereocenters. The molecule has 12 heavy (non-hydrogen) atoms. The van der Waals surface area contributed by atoms with Crippen molar-refractivity contribution < 1.29 is 0 Å². The van der Waals surface area contributed by atoms with Crippen molar-refractivity contribution in [1.29, 1.82) is 0 Å². The number of nitrogens with two attached hydrogens (primary N) is 1. The number of hydrogen-bond donors (Lipinski definition) is 1. The van der Waals surface area contributed by atoms with Gasteiger partial charge in [0.05, 0.1) is 5.84 Å². The van der Waals surface area contributed by atoms with E-state index in [-0.39, 0.29) is 0 Å². The molecule has 0 aliphatic rings. The Hall–Kier alpha value is -1.46. The van der Waals surface area contributed by atoms with Gasteiger partial charge in [0.25, 0.3) is 0 Å². The normalized spacial score (nSPS) is 12.0. The van der Waals surface area contributed by atoms with E-state index in [1.165, 1.54) is 0 Å². The lowest BCUT2D eigenvalue weighted by Gasteiger charge is -1.95. The Morgan fingerprint density at radius 3 is 2.92 bits per heavy atom. The van der Waals surface area contributed by atoms with Gasteiger partial charge in [0.1, 0.15) is 6.54 Å². The maximum absolute atomic E-state index is 5.51. The van der Waals surface area contributed by atoms with Gasteiger partial charge in [0.2, 0.25) is 0 Å². The average molecular weight is 168 g/mol. The van der Waals surface area contributed by atoms with E-state index in [4.69, 9.17) is 5.73 Å². The molecule has 0 fully saturated rings. The van der Waals surface area contributed by atoms with E-state index in [1.807, 2.05) is 6.92 Å². The molecule has 0 spiro atoms. The summed E-state index contributed by atoms with van der Waals surface area (Å²) in [7, 11) is 1.77. The molecule has 1 aromatic heterocycles. The second-order valence-electron chi connectivity index (χ2n) is 2.38. The van der Waals surface area contributed by atoms with Crippen molar-refractivity contribution in [3.05, 3.63) is 5.82 Å². The zero-order valence-corrected chi connectivity index (χ0v) is 7.23. The van der Waals surface area contributed by atoms with Crippen LogP contribution >= 0.6 is 0 Å². The van der Waals surface area contributed by atoms with Crippen molar-refractivity contribution in [1.82, 2.24) is 20.2 Å². The molecule has 66 valence electrons. The highest BCUT2D eigenvalue weighted by molar-refractivity contribution is 5.79. The molecule has 0 aliphatic heterocycles. The number of aliphatic imine (C=N–C) groups is 1. The Labute approximate surface area is 70.5 Å². The molecule has 6 nitrogen and oxygen atoms in total. The minimum atomic E-state index is 0.448. The van der Waals surface area contributed by atoms with Crippen molar-refractivity contribution in [2.24, 2.45) is 17.8 Å². The van der Waals surface area contributed by atoms with Gasteiger partial charge >= 0.3 is 0 Å². The van der Waals surface area contributed by atoms with Crippen LogP contribution in [0.25, 0.3) is 0 Å². The van der Waals surface area contributed by atoms with Gasteiger partial charge < -0.3 is 5.73 Å². The summed E-state index contributed by atoms with van der Waals surface area (Å²) in [5.74, 6) is 1.34. The Kier molecular flexibility index (Phi) is 2.73. The maximum atomic E-state index is 5.51. The van der Waals surface area contributed by atoms with Crippen molar-refractivity contribution in [3.63, 3.8) is 0 Å². The molecule has 0 saturated carbocycles. The Morgan fingerprint density at radius 2 is 2.42 bits per heavy atom. The summed E-state index contributed by atoms with van der Waals surface area (Å²) in [6.07, 6.45) is 0.755. The third-order valence-corrected chi connectivity index (χ3v) is 1.49. The topological polar surface area (TPSA) is 82.0 Å². The van der Waals surface area contributed by atoms with E-state index in [2.05, 4.69) is 20.5 Å². The van der Waals surface area contributed by atoms with Gasteiger partial charge in [-0.05, 0) is 10.4 Å². The number of tetrazole rings is 1. The molecule has 1 rings (SSSR count). The summed E-state index contributed by atoms with van der Waals surface area (Å²) in [6, 6.07) is 0. The molecular weight excluding hydrogens is 156 g/mol. The predicted octanol–water partition coefficient (Wildman–Crippen LogP) is -0.523. The van der Waals surface area contributed by atoms with E-state index >= 15 is 0 Å². The van der Waals surface area contributed by atoms with Crippen LogP contribution in [0.2, 0.25) is 0 Å². The molecular formula is C6H12N6. The highest BCUT2D eigenvalue weighted by Gasteiger charge is 1.99. The molecule has 2 N–H and O–H groups in total. The van der Waals surface area contributed by atoms with Crippen molar-refractivity contribution >= 4 is 5.84 Å². The fourth-order valence-electron chi connectivity index (χ4n) is 0.666. The van der Waals surface area contributed by atoms with Crippen LogP contribution in [0.3, 0.4) is 0 Å². The zero-order valence-electron chi connectivity index (χ0n) is 7.23.